The summed E-state index contributed by atoms with van der Waals surface area (Å²) < 4.78 is 0. The standard InChI is InChI=1S/C12H22N2O/c1-2-3-4-12(15)14-8-7-10-5-6-11(9-14)13-10/h10-11,13H,2-9H2,1H3. The van der Waals surface area contributed by atoms with Gasteiger partial charge in [0.2, 0.25) is 5.91 Å². The summed E-state index contributed by atoms with van der Waals surface area (Å²) in [7, 11) is 0. The fraction of sp³-hybridized carbons (Fsp3) is 0.917. The molecule has 2 aliphatic heterocycles. The van der Waals surface area contributed by atoms with E-state index in [2.05, 4.69) is 17.1 Å². The van der Waals surface area contributed by atoms with E-state index in [1.165, 1.54) is 12.8 Å². The molecule has 0 saturated carbocycles. The Morgan fingerprint density at radius 1 is 1.33 bits per heavy atom. The Kier molecular flexibility index (Phi) is 3.62. The second kappa shape index (κ2) is 4.97. The third-order valence-electron chi connectivity index (χ3n) is 3.62. The van der Waals surface area contributed by atoms with Gasteiger partial charge in [0.1, 0.15) is 0 Å². The van der Waals surface area contributed by atoms with Gasteiger partial charge in [0.15, 0.2) is 0 Å². The van der Waals surface area contributed by atoms with Gasteiger partial charge in [0, 0.05) is 31.6 Å². The van der Waals surface area contributed by atoms with Gasteiger partial charge in [-0.1, -0.05) is 13.3 Å². The lowest BCUT2D eigenvalue weighted by molar-refractivity contribution is -0.131. The van der Waals surface area contributed by atoms with Crippen LogP contribution in [0.15, 0.2) is 0 Å². The highest BCUT2D eigenvalue weighted by molar-refractivity contribution is 5.76. The molecule has 0 aromatic carbocycles. The number of hydrogen-bond donors (Lipinski definition) is 1. The van der Waals surface area contributed by atoms with E-state index in [4.69, 9.17) is 0 Å². The summed E-state index contributed by atoms with van der Waals surface area (Å²) in [5, 5.41) is 3.60. The van der Waals surface area contributed by atoms with Crippen molar-refractivity contribution in [2.45, 2.75) is 57.5 Å². The van der Waals surface area contributed by atoms with Crippen molar-refractivity contribution in [2.75, 3.05) is 13.1 Å². The Bertz CT molecular complexity index is 230. The number of nitrogens with one attached hydrogen (secondary N) is 1. The maximum Gasteiger partial charge on any atom is 0.222 e. The van der Waals surface area contributed by atoms with Crippen molar-refractivity contribution in [1.82, 2.24) is 10.2 Å². The van der Waals surface area contributed by atoms with Crippen LogP contribution in [0.1, 0.15) is 45.4 Å². The van der Waals surface area contributed by atoms with Crippen molar-refractivity contribution in [1.29, 1.82) is 0 Å². The van der Waals surface area contributed by atoms with E-state index in [0.717, 1.165) is 38.8 Å². The summed E-state index contributed by atoms with van der Waals surface area (Å²) in [6.45, 7) is 4.05. The average molecular weight is 210 g/mol. The minimum atomic E-state index is 0.367. The molecule has 15 heavy (non-hydrogen) atoms. The monoisotopic (exact) mass is 210 g/mol. The van der Waals surface area contributed by atoms with Crippen LogP contribution in [0.4, 0.5) is 0 Å². The van der Waals surface area contributed by atoms with Gasteiger partial charge in [-0.2, -0.15) is 0 Å². The largest absolute Gasteiger partial charge is 0.341 e. The number of fused-ring (bicyclic) bond motifs is 2. The van der Waals surface area contributed by atoms with E-state index < -0.39 is 0 Å². The van der Waals surface area contributed by atoms with Gasteiger partial charge in [-0.3, -0.25) is 4.79 Å². The molecular weight excluding hydrogens is 188 g/mol. The molecule has 3 nitrogen and oxygen atoms in total. The molecule has 1 N–H and O–H groups in total. The topological polar surface area (TPSA) is 32.3 Å². The van der Waals surface area contributed by atoms with Crippen LogP contribution in [0.5, 0.6) is 0 Å². The van der Waals surface area contributed by atoms with Crippen LogP contribution < -0.4 is 5.32 Å². The van der Waals surface area contributed by atoms with Crippen molar-refractivity contribution in [2.24, 2.45) is 0 Å². The number of carbonyl (C=O) groups is 1. The molecule has 0 aromatic rings. The van der Waals surface area contributed by atoms with E-state index in [-0.39, 0.29) is 0 Å². The van der Waals surface area contributed by atoms with Crippen LogP contribution in [-0.2, 0) is 4.79 Å². The maximum absolute atomic E-state index is 11.9. The molecule has 2 unspecified atom stereocenters. The first-order valence-electron chi connectivity index (χ1n) is 6.33. The first-order chi connectivity index (χ1) is 7.29. The van der Waals surface area contributed by atoms with Crippen molar-refractivity contribution in [3.63, 3.8) is 0 Å². The Labute approximate surface area is 92.2 Å². The third-order valence-corrected chi connectivity index (χ3v) is 3.62. The lowest BCUT2D eigenvalue weighted by atomic mass is 10.1. The van der Waals surface area contributed by atoms with Crippen molar-refractivity contribution in [3.8, 4) is 0 Å². The molecular formula is C12H22N2O. The molecule has 0 spiro atoms. The quantitative estimate of drug-likeness (QED) is 0.766. The Morgan fingerprint density at radius 2 is 2.13 bits per heavy atom. The lowest BCUT2D eigenvalue weighted by Gasteiger charge is -2.24. The maximum atomic E-state index is 11.9. The molecule has 0 aromatic heterocycles. The van der Waals surface area contributed by atoms with E-state index in [9.17, 15) is 4.79 Å². The van der Waals surface area contributed by atoms with Crippen LogP contribution in [0.3, 0.4) is 0 Å². The second-order valence-electron chi connectivity index (χ2n) is 4.87. The lowest BCUT2D eigenvalue weighted by Crippen LogP contribution is -2.38. The molecule has 2 rings (SSSR count). The van der Waals surface area contributed by atoms with Crippen LogP contribution in [0, 0.1) is 0 Å². The van der Waals surface area contributed by atoms with Crippen LogP contribution in [-0.4, -0.2) is 36.0 Å². The molecule has 2 atom stereocenters. The summed E-state index contributed by atoms with van der Waals surface area (Å²) in [5.74, 6) is 0.367. The number of amides is 1. The van der Waals surface area contributed by atoms with E-state index >= 15 is 0 Å². The number of nitrogens with zero attached hydrogens (tertiary/aromatic N) is 1. The fourth-order valence-electron chi connectivity index (χ4n) is 2.66. The Morgan fingerprint density at radius 3 is 2.93 bits per heavy atom. The molecule has 2 heterocycles. The summed E-state index contributed by atoms with van der Waals surface area (Å²) in [6.07, 6.45) is 6.60. The van der Waals surface area contributed by atoms with Crippen LogP contribution >= 0.6 is 0 Å². The fourth-order valence-corrected chi connectivity index (χ4v) is 2.66. The van der Waals surface area contributed by atoms with Crippen LogP contribution in [0.25, 0.3) is 0 Å². The molecule has 2 fully saturated rings. The number of unbranched alkanes of at least 4 members (excludes halogenated alkanes) is 1. The van der Waals surface area contributed by atoms with E-state index in [0.29, 0.717) is 18.0 Å². The Hall–Kier alpha value is -0.570. The number of carbonyl (C=O) groups excluding carboxylic acids is 1. The van der Waals surface area contributed by atoms with Crippen LogP contribution in [0.2, 0.25) is 0 Å². The van der Waals surface area contributed by atoms with E-state index in [1.807, 2.05) is 0 Å². The number of rotatable bonds is 3. The molecule has 0 radical (unpaired) electrons. The van der Waals surface area contributed by atoms with Crippen molar-refractivity contribution >= 4 is 5.91 Å². The van der Waals surface area contributed by atoms with Crippen molar-refractivity contribution < 1.29 is 4.79 Å². The van der Waals surface area contributed by atoms with Gasteiger partial charge < -0.3 is 10.2 Å². The van der Waals surface area contributed by atoms with Gasteiger partial charge in [0.05, 0.1) is 0 Å². The number of hydrogen-bond acceptors (Lipinski definition) is 2. The molecule has 2 bridgehead atoms. The first-order valence-corrected chi connectivity index (χ1v) is 6.33. The molecule has 1 amide bonds. The number of likely N-dealkylation sites (tertiary alicyclic amines) is 1. The average Bonchev–Trinajstić information content (AvgIpc) is 2.55. The normalized spacial score (nSPS) is 30.3. The predicted octanol–water partition coefficient (Wildman–Crippen LogP) is 1.53. The minimum Gasteiger partial charge on any atom is -0.341 e. The second-order valence-corrected chi connectivity index (χ2v) is 4.87. The summed E-state index contributed by atoms with van der Waals surface area (Å²) in [4.78, 5) is 14.0. The first kappa shape index (κ1) is 10.9. The molecule has 2 saturated heterocycles. The predicted molar refractivity (Wildman–Crippen MR) is 60.7 cm³/mol. The zero-order valence-corrected chi connectivity index (χ0v) is 9.67. The highest BCUT2D eigenvalue weighted by atomic mass is 16.2. The minimum absolute atomic E-state index is 0.367. The highest BCUT2D eigenvalue weighted by Crippen LogP contribution is 2.20. The molecule has 2 aliphatic rings. The third kappa shape index (κ3) is 2.71. The van der Waals surface area contributed by atoms with Gasteiger partial charge in [0.25, 0.3) is 0 Å². The SMILES string of the molecule is CCCCC(=O)N1CCC2CCC(C1)N2. The highest BCUT2D eigenvalue weighted by Gasteiger charge is 2.30. The van der Waals surface area contributed by atoms with E-state index in [1.54, 1.807) is 0 Å². The Balaban J connectivity index is 1.84. The molecule has 3 heteroatoms. The van der Waals surface area contributed by atoms with Crippen molar-refractivity contribution in [3.05, 3.63) is 0 Å². The van der Waals surface area contributed by atoms with Gasteiger partial charge in [-0.05, 0) is 25.7 Å². The zero-order valence-electron chi connectivity index (χ0n) is 9.67. The molecule has 0 aliphatic carbocycles. The summed E-state index contributed by atoms with van der Waals surface area (Å²) in [5.41, 5.74) is 0. The smallest absolute Gasteiger partial charge is 0.222 e. The van der Waals surface area contributed by atoms with Gasteiger partial charge in [-0.25, -0.2) is 0 Å². The summed E-state index contributed by atoms with van der Waals surface area (Å²) >= 11 is 0. The van der Waals surface area contributed by atoms with Gasteiger partial charge in [-0.15, -0.1) is 0 Å². The summed E-state index contributed by atoms with van der Waals surface area (Å²) in [6, 6.07) is 1.25. The molecule has 86 valence electrons. The zero-order chi connectivity index (χ0) is 10.7. The van der Waals surface area contributed by atoms with Gasteiger partial charge >= 0.3 is 0 Å².